The van der Waals surface area contributed by atoms with Crippen LogP contribution in [-0.4, -0.2) is 31.0 Å². The molecule has 1 aromatic carbocycles. The predicted octanol–water partition coefficient (Wildman–Crippen LogP) is 2.09. The van der Waals surface area contributed by atoms with Crippen molar-refractivity contribution in [2.75, 3.05) is 14.2 Å². The van der Waals surface area contributed by atoms with E-state index in [2.05, 4.69) is 6.07 Å². The average Bonchev–Trinajstić information content (AvgIpc) is 2.84. The summed E-state index contributed by atoms with van der Waals surface area (Å²) in [6, 6.07) is 6.23. The van der Waals surface area contributed by atoms with Crippen LogP contribution >= 0.6 is 0 Å². The lowest BCUT2D eigenvalue weighted by atomic mass is 10.1. The van der Waals surface area contributed by atoms with Crippen LogP contribution in [0.2, 0.25) is 0 Å². The van der Waals surface area contributed by atoms with Gasteiger partial charge >= 0.3 is 0 Å². The van der Waals surface area contributed by atoms with Crippen molar-refractivity contribution < 1.29 is 9.53 Å². The largest absolute Gasteiger partial charge is 0.496 e. The highest BCUT2D eigenvalue weighted by Gasteiger charge is 2.29. The summed E-state index contributed by atoms with van der Waals surface area (Å²) in [5.74, 6) is 1.20. The first-order valence-corrected chi connectivity index (χ1v) is 7.15. The van der Waals surface area contributed by atoms with Crippen molar-refractivity contribution in [3.8, 4) is 5.75 Å². The van der Waals surface area contributed by atoms with Gasteiger partial charge in [-0.2, -0.15) is 0 Å². The fourth-order valence-corrected chi connectivity index (χ4v) is 2.94. The minimum Gasteiger partial charge on any atom is -0.496 e. The molecule has 0 bridgehead atoms. The van der Waals surface area contributed by atoms with Gasteiger partial charge in [0.25, 0.3) is 0 Å². The lowest BCUT2D eigenvalue weighted by molar-refractivity contribution is -0.134. The molecular weight excluding hydrogens is 252 g/mol. The third-order valence-corrected chi connectivity index (χ3v) is 4.08. The highest BCUT2D eigenvalue weighted by atomic mass is 16.5. The minimum absolute atomic E-state index is 0.106. The van der Waals surface area contributed by atoms with Gasteiger partial charge in [0.1, 0.15) is 5.75 Å². The Hall–Kier alpha value is -1.55. The quantitative estimate of drug-likeness (QED) is 0.916. The second-order valence-electron chi connectivity index (χ2n) is 5.77. The van der Waals surface area contributed by atoms with Gasteiger partial charge in [-0.25, -0.2) is 0 Å². The molecule has 1 saturated carbocycles. The fraction of sp³-hybridized carbons (Fsp3) is 0.562. The fourth-order valence-electron chi connectivity index (χ4n) is 2.94. The molecule has 110 valence electrons. The highest BCUT2D eigenvalue weighted by molar-refractivity contribution is 5.79. The van der Waals surface area contributed by atoms with Crippen molar-refractivity contribution in [1.82, 2.24) is 4.90 Å². The third kappa shape index (κ3) is 3.31. The molecule has 0 radical (unpaired) electrons. The van der Waals surface area contributed by atoms with Crippen LogP contribution in [0, 0.1) is 12.8 Å². The van der Waals surface area contributed by atoms with Crippen molar-refractivity contribution in [2.24, 2.45) is 11.7 Å². The van der Waals surface area contributed by atoms with E-state index in [9.17, 15) is 4.79 Å². The smallest absolute Gasteiger partial charge is 0.225 e. The summed E-state index contributed by atoms with van der Waals surface area (Å²) in [4.78, 5) is 14.2. The lowest BCUT2D eigenvalue weighted by Gasteiger charge is -2.21. The number of benzene rings is 1. The van der Waals surface area contributed by atoms with Gasteiger partial charge < -0.3 is 15.4 Å². The van der Waals surface area contributed by atoms with Gasteiger partial charge in [-0.1, -0.05) is 12.1 Å². The number of amides is 1. The van der Waals surface area contributed by atoms with E-state index in [1.165, 1.54) is 0 Å². The first kappa shape index (κ1) is 14.9. The zero-order valence-electron chi connectivity index (χ0n) is 12.6. The number of carbonyl (C=O) groups excluding carboxylic acids is 1. The molecular formula is C16H24N2O2. The monoisotopic (exact) mass is 276 g/mol. The molecule has 0 aliphatic heterocycles. The summed E-state index contributed by atoms with van der Waals surface area (Å²) >= 11 is 0. The van der Waals surface area contributed by atoms with Crippen molar-refractivity contribution in [3.05, 3.63) is 29.3 Å². The van der Waals surface area contributed by atoms with Crippen LogP contribution in [0.5, 0.6) is 5.75 Å². The van der Waals surface area contributed by atoms with Crippen LogP contribution in [0.3, 0.4) is 0 Å². The van der Waals surface area contributed by atoms with Crippen molar-refractivity contribution in [2.45, 2.75) is 38.8 Å². The van der Waals surface area contributed by atoms with Crippen LogP contribution in [0.25, 0.3) is 0 Å². The van der Waals surface area contributed by atoms with Gasteiger partial charge in [0.15, 0.2) is 0 Å². The Bertz CT molecular complexity index is 487. The number of methoxy groups -OCH3 is 1. The molecule has 1 aliphatic carbocycles. The molecule has 2 atom stereocenters. The highest BCUT2D eigenvalue weighted by Crippen LogP contribution is 2.26. The molecule has 1 aliphatic rings. The molecule has 2 rings (SSSR count). The molecule has 1 fully saturated rings. The van der Waals surface area contributed by atoms with E-state index in [0.29, 0.717) is 6.54 Å². The number of hydrogen-bond acceptors (Lipinski definition) is 3. The normalized spacial score (nSPS) is 21.8. The van der Waals surface area contributed by atoms with Crippen molar-refractivity contribution in [1.29, 1.82) is 0 Å². The number of ether oxygens (including phenoxy) is 1. The van der Waals surface area contributed by atoms with Gasteiger partial charge in [0.2, 0.25) is 5.91 Å². The average molecular weight is 276 g/mol. The zero-order valence-corrected chi connectivity index (χ0v) is 12.6. The van der Waals surface area contributed by atoms with Crippen molar-refractivity contribution >= 4 is 5.91 Å². The maximum atomic E-state index is 12.3. The molecule has 0 spiro atoms. The summed E-state index contributed by atoms with van der Waals surface area (Å²) in [6.45, 7) is 2.65. The Morgan fingerprint density at radius 3 is 2.75 bits per heavy atom. The van der Waals surface area contributed by atoms with E-state index in [4.69, 9.17) is 10.5 Å². The first-order valence-electron chi connectivity index (χ1n) is 7.15. The molecule has 0 unspecified atom stereocenters. The van der Waals surface area contributed by atoms with E-state index in [1.54, 1.807) is 7.11 Å². The Morgan fingerprint density at radius 2 is 2.20 bits per heavy atom. The summed E-state index contributed by atoms with van der Waals surface area (Å²) in [5, 5.41) is 0. The number of rotatable bonds is 4. The number of carbonyl (C=O) groups is 1. The van der Waals surface area contributed by atoms with E-state index in [-0.39, 0.29) is 17.9 Å². The maximum Gasteiger partial charge on any atom is 0.225 e. The molecule has 0 heterocycles. The second-order valence-corrected chi connectivity index (χ2v) is 5.77. The molecule has 1 amide bonds. The van der Waals surface area contributed by atoms with Crippen molar-refractivity contribution in [3.63, 3.8) is 0 Å². The Labute approximate surface area is 120 Å². The summed E-state index contributed by atoms with van der Waals surface area (Å²) in [6.07, 6.45) is 2.71. The van der Waals surface area contributed by atoms with E-state index in [0.717, 1.165) is 36.1 Å². The number of aryl methyl sites for hydroxylation is 1. The first-order chi connectivity index (χ1) is 9.51. The zero-order chi connectivity index (χ0) is 14.7. The molecule has 4 nitrogen and oxygen atoms in total. The second kappa shape index (κ2) is 6.27. The predicted molar refractivity (Wildman–Crippen MR) is 79.5 cm³/mol. The van der Waals surface area contributed by atoms with E-state index in [1.807, 2.05) is 31.0 Å². The summed E-state index contributed by atoms with van der Waals surface area (Å²) in [5.41, 5.74) is 8.10. The van der Waals surface area contributed by atoms with Gasteiger partial charge in [-0.3, -0.25) is 4.79 Å². The number of nitrogens with two attached hydrogens (primary N) is 1. The van der Waals surface area contributed by atoms with E-state index >= 15 is 0 Å². The van der Waals surface area contributed by atoms with Crippen LogP contribution in [0.4, 0.5) is 0 Å². The topological polar surface area (TPSA) is 55.6 Å². The van der Waals surface area contributed by atoms with Gasteiger partial charge in [-0.05, 0) is 43.4 Å². The minimum atomic E-state index is 0.106. The molecule has 0 aromatic heterocycles. The Balaban J connectivity index is 1.98. The van der Waals surface area contributed by atoms with Crippen LogP contribution in [0.15, 0.2) is 18.2 Å². The van der Waals surface area contributed by atoms with Crippen LogP contribution < -0.4 is 10.5 Å². The summed E-state index contributed by atoms with van der Waals surface area (Å²) < 4.78 is 5.25. The van der Waals surface area contributed by atoms with Gasteiger partial charge in [-0.15, -0.1) is 0 Å². The van der Waals surface area contributed by atoms with Gasteiger partial charge in [0.05, 0.1) is 7.11 Å². The Kier molecular flexibility index (Phi) is 4.65. The SMILES string of the molecule is COc1ccc(CN(C)C(=O)[C@@H]2CC[C@@H](N)C2)cc1C. The van der Waals surface area contributed by atoms with Crippen LogP contribution in [0.1, 0.15) is 30.4 Å². The van der Waals surface area contributed by atoms with E-state index < -0.39 is 0 Å². The van der Waals surface area contributed by atoms with Gasteiger partial charge in [0, 0.05) is 25.6 Å². The number of hydrogen-bond donors (Lipinski definition) is 1. The molecule has 0 saturated heterocycles. The number of nitrogens with zero attached hydrogens (tertiary/aromatic N) is 1. The molecule has 4 heteroatoms. The Morgan fingerprint density at radius 1 is 1.45 bits per heavy atom. The lowest BCUT2D eigenvalue weighted by Crippen LogP contribution is -2.32. The maximum absolute atomic E-state index is 12.3. The molecule has 2 N–H and O–H groups in total. The standard InChI is InChI=1S/C16H24N2O2/c1-11-8-12(4-7-15(11)20-3)10-18(2)16(19)13-5-6-14(17)9-13/h4,7-8,13-14H,5-6,9-10,17H2,1-3H3/t13-,14-/m1/s1. The van der Waals surface area contributed by atoms with Crippen LogP contribution in [-0.2, 0) is 11.3 Å². The third-order valence-electron chi connectivity index (χ3n) is 4.08. The molecule has 1 aromatic rings. The summed E-state index contributed by atoms with van der Waals surface area (Å²) in [7, 11) is 3.53. The molecule has 20 heavy (non-hydrogen) atoms.